The number of benzene rings is 1. The van der Waals surface area contributed by atoms with Crippen LogP contribution in [0.15, 0.2) is 41.9 Å². The second-order valence-corrected chi connectivity index (χ2v) is 4.01. The van der Waals surface area contributed by atoms with E-state index in [0.29, 0.717) is 13.2 Å². The molecule has 1 aromatic rings. The average Bonchev–Trinajstić information content (AvgIpc) is 2.45. The van der Waals surface area contributed by atoms with Gasteiger partial charge in [-0.25, -0.2) is 4.99 Å². The molecule has 0 spiro atoms. The zero-order chi connectivity index (χ0) is 14.8. The molecule has 116 valence electrons. The van der Waals surface area contributed by atoms with E-state index in [2.05, 4.69) is 22.2 Å². The van der Waals surface area contributed by atoms with E-state index in [1.54, 1.807) is 13.2 Å². The van der Waals surface area contributed by atoms with Crippen molar-refractivity contribution in [2.45, 2.75) is 6.61 Å². The molecule has 0 aliphatic heterocycles. The average molecular weight is 404 g/mol. The van der Waals surface area contributed by atoms with Gasteiger partial charge in [0.25, 0.3) is 0 Å². The lowest BCUT2D eigenvalue weighted by Gasteiger charge is -2.10. The number of amides is 1. The summed E-state index contributed by atoms with van der Waals surface area (Å²) in [6.07, 6.45) is 1.60. The van der Waals surface area contributed by atoms with Crippen molar-refractivity contribution >= 4 is 41.5 Å². The van der Waals surface area contributed by atoms with E-state index in [4.69, 9.17) is 10.5 Å². The molecule has 0 heterocycles. The number of guanidine groups is 1. The van der Waals surface area contributed by atoms with E-state index < -0.39 is 0 Å². The maximum atomic E-state index is 11.4. The molecule has 4 N–H and O–H groups in total. The van der Waals surface area contributed by atoms with Crippen LogP contribution < -0.4 is 16.4 Å². The minimum atomic E-state index is -0.208. The fourth-order valence-corrected chi connectivity index (χ4v) is 1.50. The van der Waals surface area contributed by atoms with Gasteiger partial charge in [-0.05, 0) is 6.07 Å². The maximum Gasteiger partial charge on any atom is 0.242 e. The number of halogens is 1. The Morgan fingerprint density at radius 2 is 2.19 bits per heavy atom. The van der Waals surface area contributed by atoms with Crippen LogP contribution in [0.1, 0.15) is 5.56 Å². The van der Waals surface area contributed by atoms with Crippen molar-refractivity contribution in [3.05, 3.63) is 42.5 Å². The van der Waals surface area contributed by atoms with Gasteiger partial charge in [-0.2, -0.15) is 0 Å². The van der Waals surface area contributed by atoms with Crippen LogP contribution in [0.3, 0.4) is 0 Å². The summed E-state index contributed by atoms with van der Waals surface area (Å²) in [5, 5.41) is 5.57. The van der Waals surface area contributed by atoms with Gasteiger partial charge in [-0.1, -0.05) is 24.3 Å². The molecular weight excluding hydrogens is 383 g/mol. The molecule has 1 aromatic carbocycles. The Balaban J connectivity index is 0.00000400. The van der Waals surface area contributed by atoms with Crippen molar-refractivity contribution < 1.29 is 9.53 Å². The largest absolute Gasteiger partial charge is 0.380 e. The van der Waals surface area contributed by atoms with Gasteiger partial charge < -0.3 is 21.1 Å². The van der Waals surface area contributed by atoms with Gasteiger partial charge in [0, 0.05) is 24.9 Å². The fraction of sp³-hybridized carbons (Fsp3) is 0.286. The van der Waals surface area contributed by atoms with Crippen LogP contribution in [0.4, 0.5) is 5.69 Å². The van der Waals surface area contributed by atoms with Crippen LogP contribution in [-0.2, 0) is 16.1 Å². The number of methoxy groups -OCH3 is 1. The second-order valence-electron chi connectivity index (χ2n) is 4.01. The summed E-state index contributed by atoms with van der Waals surface area (Å²) in [6, 6.07) is 7.59. The Kier molecular flexibility index (Phi) is 10.2. The van der Waals surface area contributed by atoms with Gasteiger partial charge in [0.05, 0.1) is 6.61 Å². The molecule has 0 unspecified atom stereocenters. The molecule has 0 aromatic heterocycles. The van der Waals surface area contributed by atoms with E-state index in [1.165, 1.54) is 0 Å². The Hall–Kier alpha value is -1.61. The first kappa shape index (κ1) is 19.4. The van der Waals surface area contributed by atoms with E-state index in [9.17, 15) is 4.79 Å². The standard InChI is InChI=1S/C14H20N4O2.HI/c1-3-8-16-13(19)9-17-14(15)18-12-7-5-4-6-11(12)10-20-2;/h3-7H,1,8-10H2,2H3,(H,16,19)(H3,15,17,18);1H. The minimum Gasteiger partial charge on any atom is -0.380 e. The quantitative estimate of drug-likeness (QED) is 0.278. The van der Waals surface area contributed by atoms with Crippen molar-refractivity contribution in [3.8, 4) is 0 Å². The number of hydrogen-bond donors (Lipinski definition) is 3. The first-order valence-corrected chi connectivity index (χ1v) is 6.18. The van der Waals surface area contributed by atoms with Gasteiger partial charge in [0.2, 0.25) is 5.91 Å². The van der Waals surface area contributed by atoms with E-state index >= 15 is 0 Å². The molecule has 1 amide bonds. The molecular formula is C14H21IN4O2. The number of carbonyl (C=O) groups excluding carboxylic acids is 1. The van der Waals surface area contributed by atoms with Gasteiger partial charge >= 0.3 is 0 Å². The summed E-state index contributed by atoms with van der Waals surface area (Å²) in [5.41, 5.74) is 7.52. The van der Waals surface area contributed by atoms with Crippen LogP contribution in [0.5, 0.6) is 0 Å². The molecule has 21 heavy (non-hydrogen) atoms. The number of aliphatic imine (C=N–C) groups is 1. The summed E-state index contributed by atoms with van der Waals surface area (Å²) < 4.78 is 5.10. The van der Waals surface area contributed by atoms with Crippen LogP contribution >= 0.6 is 24.0 Å². The number of nitrogens with one attached hydrogen (secondary N) is 2. The summed E-state index contributed by atoms with van der Waals surface area (Å²) in [7, 11) is 1.62. The van der Waals surface area contributed by atoms with Crippen molar-refractivity contribution in [2.24, 2.45) is 10.7 Å². The number of nitrogens with two attached hydrogens (primary N) is 1. The van der Waals surface area contributed by atoms with Crippen LogP contribution in [0, 0.1) is 0 Å². The molecule has 1 rings (SSSR count). The lowest BCUT2D eigenvalue weighted by Crippen LogP contribution is -2.29. The number of hydrogen-bond acceptors (Lipinski definition) is 3. The highest BCUT2D eigenvalue weighted by Gasteiger charge is 2.03. The number of rotatable bonds is 7. The number of ether oxygens (including phenoxy) is 1. The van der Waals surface area contributed by atoms with Gasteiger partial charge in [-0.3, -0.25) is 4.79 Å². The third-order valence-electron chi connectivity index (χ3n) is 2.42. The number of anilines is 1. The van der Waals surface area contributed by atoms with E-state index in [0.717, 1.165) is 11.3 Å². The molecule has 0 saturated carbocycles. The van der Waals surface area contributed by atoms with E-state index in [-0.39, 0.29) is 42.4 Å². The molecule has 0 aliphatic rings. The van der Waals surface area contributed by atoms with E-state index in [1.807, 2.05) is 24.3 Å². The summed E-state index contributed by atoms with van der Waals surface area (Å²) >= 11 is 0. The Bertz CT molecular complexity index is 492. The zero-order valence-corrected chi connectivity index (χ0v) is 14.3. The molecule has 6 nitrogen and oxygen atoms in total. The third-order valence-corrected chi connectivity index (χ3v) is 2.42. The molecule has 0 atom stereocenters. The Morgan fingerprint density at radius 1 is 1.48 bits per heavy atom. The summed E-state index contributed by atoms with van der Waals surface area (Å²) in [6.45, 7) is 4.37. The predicted molar refractivity (Wildman–Crippen MR) is 95.9 cm³/mol. The topological polar surface area (TPSA) is 88.7 Å². The molecule has 0 aliphatic carbocycles. The first-order valence-electron chi connectivity index (χ1n) is 6.18. The highest BCUT2D eigenvalue weighted by Crippen LogP contribution is 2.15. The normalized spacial score (nSPS) is 10.4. The SMILES string of the molecule is C=CCNC(=O)CN=C(N)Nc1ccccc1COC.I. The first-order chi connectivity index (χ1) is 9.67. The van der Waals surface area contributed by atoms with Crippen LogP contribution in [0.2, 0.25) is 0 Å². The maximum absolute atomic E-state index is 11.4. The monoisotopic (exact) mass is 404 g/mol. The zero-order valence-electron chi connectivity index (χ0n) is 12.0. The molecule has 0 bridgehead atoms. The predicted octanol–water partition coefficient (Wildman–Crippen LogP) is 1.48. The van der Waals surface area contributed by atoms with Crippen LogP contribution in [-0.4, -0.2) is 32.1 Å². The number of nitrogens with zero attached hydrogens (tertiary/aromatic N) is 1. The Morgan fingerprint density at radius 3 is 2.86 bits per heavy atom. The number of carbonyl (C=O) groups is 1. The highest BCUT2D eigenvalue weighted by molar-refractivity contribution is 14.0. The lowest BCUT2D eigenvalue weighted by atomic mass is 10.2. The van der Waals surface area contributed by atoms with Gasteiger partial charge in [0.1, 0.15) is 6.54 Å². The molecule has 0 fully saturated rings. The smallest absolute Gasteiger partial charge is 0.242 e. The molecule has 7 heteroatoms. The highest BCUT2D eigenvalue weighted by atomic mass is 127. The van der Waals surface area contributed by atoms with Gasteiger partial charge in [0.15, 0.2) is 5.96 Å². The van der Waals surface area contributed by atoms with Crippen molar-refractivity contribution in [1.29, 1.82) is 0 Å². The molecule has 0 radical (unpaired) electrons. The fourth-order valence-electron chi connectivity index (χ4n) is 1.50. The van der Waals surface area contributed by atoms with Crippen molar-refractivity contribution in [2.75, 3.05) is 25.5 Å². The summed E-state index contributed by atoms with van der Waals surface area (Å²) in [4.78, 5) is 15.3. The van der Waals surface area contributed by atoms with Crippen molar-refractivity contribution in [1.82, 2.24) is 5.32 Å². The van der Waals surface area contributed by atoms with Gasteiger partial charge in [-0.15, -0.1) is 30.6 Å². The third kappa shape index (κ3) is 7.66. The Labute approximate surface area is 141 Å². The van der Waals surface area contributed by atoms with Crippen LogP contribution in [0.25, 0.3) is 0 Å². The lowest BCUT2D eigenvalue weighted by molar-refractivity contribution is -0.119. The number of para-hydroxylation sites is 1. The minimum absolute atomic E-state index is 0. The molecule has 0 saturated heterocycles. The second kappa shape index (κ2) is 11.1. The van der Waals surface area contributed by atoms with Crippen molar-refractivity contribution in [3.63, 3.8) is 0 Å². The summed E-state index contributed by atoms with van der Waals surface area (Å²) in [5.74, 6) is -0.0258.